The zero-order valence-electron chi connectivity index (χ0n) is 20.3. The second-order valence-electron chi connectivity index (χ2n) is 7.59. The maximum atomic E-state index is 12.5. The third-order valence-corrected chi connectivity index (χ3v) is 8.66. The van der Waals surface area contributed by atoms with Crippen molar-refractivity contribution < 1.29 is 17.8 Å². The van der Waals surface area contributed by atoms with Crippen molar-refractivity contribution in [3.63, 3.8) is 0 Å². The van der Waals surface area contributed by atoms with E-state index in [0.717, 1.165) is 15.6 Å². The van der Waals surface area contributed by atoms with Crippen molar-refractivity contribution in [2.75, 3.05) is 43.4 Å². The zero-order chi connectivity index (χ0) is 26.0. The Labute approximate surface area is 223 Å². The molecular weight excluding hydrogens is 523 g/mol. The van der Waals surface area contributed by atoms with Crippen LogP contribution in [0, 0.1) is 0 Å². The Hall–Kier alpha value is -1.63. The first-order valence-electron chi connectivity index (χ1n) is 11.4. The van der Waals surface area contributed by atoms with E-state index in [-0.39, 0.29) is 18.1 Å². The number of thioether (sulfide) groups is 2. The van der Waals surface area contributed by atoms with Crippen molar-refractivity contribution in [2.24, 2.45) is 0 Å². The molecule has 1 amide bonds. The van der Waals surface area contributed by atoms with Gasteiger partial charge in [-0.3, -0.25) is 14.2 Å². The van der Waals surface area contributed by atoms with Gasteiger partial charge in [-0.1, -0.05) is 74.7 Å². The highest BCUT2D eigenvalue weighted by Crippen LogP contribution is 2.46. The highest BCUT2D eigenvalue weighted by Gasteiger charge is 2.31. The number of rotatable bonds is 10. The van der Waals surface area contributed by atoms with Gasteiger partial charge >= 0.3 is 0 Å². The average Bonchev–Trinajstić information content (AvgIpc) is 3.30. The summed E-state index contributed by atoms with van der Waals surface area (Å²) in [5.41, 5.74) is 0.974. The Morgan fingerprint density at radius 2 is 1.74 bits per heavy atom. The zero-order valence-corrected chi connectivity index (χ0v) is 23.6. The molecule has 7 nitrogen and oxygen atoms in total. The lowest BCUT2D eigenvalue weighted by Gasteiger charge is -2.19. The summed E-state index contributed by atoms with van der Waals surface area (Å²) in [7, 11) is -4.00. The molecule has 1 saturated heterocycles. The molecule has 2 aliphatic rings. The first-order chi connectivity index (χ1) is 16.6. The molecule has 0 bridgehead atoms. The molecule has 2 aliphatic heterocycles. The Morgan fingerprint density at radius 1 is 1.09 bits per heavy atom. The molecule has 35 heavy (non-hydrogen) atoms. The minimum atomic E-state index is -4.00. The van der Waals surface area contributed by atoms with Gasteiger partial charge in [0.2, 0.25) is 0 Å². The molecule has 0 spiro atoms. The fourth-order valence-electron chi connectivity index (χ4n) is 3.43. The largest absolute Gasteiger partial charge is 0.335 e. The highest BCUT2D eigenvalue weighted by atomic mass is 32.2. The van der Waals surface area contributed by atoms with Crippen molar-refractivity contribution in [3.8, 4) is 0 Å². The van der Waals surface area contributed by atoms with E-state index in [9.17, 15) is 13.2 Å². The lowest BCUT2D eigenvalue weighted by molar-refractivity contribution is -0.121. The van der Waals surface area contributed by atoms with Gasteiger partial charge in [-0.25, -0.2) is 0 Å². The van der Waals surface area contributed by atoms with E-state index in [1.165, 1.54) is 36.3 Å². The van der Waals surface area contributed by atoms with Crippen LogP contribution in [0.15, 0.2) is 63.9 Å². The van der Waals surface area contributed by atoms with Crippen LogP contribution in [0.5, 0.6) is 0 Å². The minimum Gasteiger partial charge on any atom is -0.335 e. The molecule has 11 heteroatoms. The number of nitrogens with zero attached hydrogens (tertiary/aromatic N) is 3. The number of benzene rings is 1. The van der Waals surface area contributed by atoms with Gasteiger partial charge < -0.3 is 9.80 Å². The molecule has 0 unspecified atom stereocenters. The molecule has 192 valence electrons. The van der Waals surface area contributed by atoms with Crippen molar-refractivity contribution in [3.05, 3.63) is 59.0 Å². The monoisotopic (exact) mass is 555 g/mol. The summed E-state index contributed by atoms with van der Waals surface area (Å²) in [6, 6.07) is 7.80. The molecule has 1 N–H and O–H groups in total. The Morgan fingerprint density at radius 3 is 2.31 bits per heavy atom. The summed E-state index contributed by atoms with van der Waals surface area (Å²) < 4.78 is 31.5. The van der Waals surface area contributed by atoms with Gasteiger partial charge in [-0.2, -0.15) is 8.42 Å². The number of fused-ring (bicyclic) bond motifs is 1. The summed E-state index contributed by atoms with van der Waals surface area (Å²) in [6.45, 7) is 14.6. The van der Waals surface area contributed by atoms with E-state index in [0.29, 0.717) is 22.3 Å². The minimum absolute atomic E-state index is 0.148. The van der Waals surface area contributed by atoms with Crippen LogP contribution in [-0.2, 0) is 14.9 Å². The van der Waals surface area contributed by atoms with Crippen LogP contribution < -0.4 is 4.90 Å². The van der Waals surface area contributed by atoms with E-state index in [2.05, 4.69) is 32.3 Å². The Balaban J connectivity index is 0.000000540. The van der Waals surface area contributed by atoms with E-state index in [1.54, 1.807) is 23.9 Å². The maximum Gasteiger partial charge on any atom is 0.266 e. The van der Waals surface area contributed by atoms with E-state index in [1.807, 2.05) is 35.2 Å². The van der Waals surface area contributed by atoms with Crippen molar-refractivity contribution in [1.82, 2.24) is 9.80 Å². The lowest BCUT2D eigenvalue weighted by atomic mass is 10.3. The first kappa shape index (κ1) is 29.6. The molecule has 3 rings (SSSR count). The number of hydrogen-bond donors (Lipinski definition) is 1. The Kier molecular flexibility index (Phi) is 12.0. The number of carbonyl (C=O) groups is 1. The normalized spacial score (nSPS) is 17.9. The van der Waals surface area contributed by atoms with E-state index in [4.69, 9.17) is 16.8 Å². The van der Waals surface area contributed by atoms with Crippen LogP contribution in [-0.4, -0.2) is 71.5 Å². The van der Waals surface area contributed by atoms with Crippen molar-refractivity contribution in [1.29, 1.82) is 0 Å². The van der Waals surface area contributed by atoms with Crippen LogP contribution in [0.4, 0.5) is 5.69 Å². The number of thiocarbonyl (C=S) groups is 1. The number of allylic oxidation sites excluding steroid dienone is 2. The average molecular weight is 556 g/mol. The molecule has 1 aromatic carbocycles. The predicted octanol–water partition coefficient (Wildman–Crippen LogP) is 5.00. The lowest BCUT2D eigenvalue weighted by Crippen LogP contribution is -2.27. The fraction of sp³-hybridized carbons (Fsp3) is 0.417. The number of para-hydroxylation sites is 1. The summed E-state index contributed by atoms with van der Waals surface area (Å²) in [5.74, 6) is -0.450. The molecule has 1 aromatic rings. The van der Waals surface area contributed by atoms with Gasteiger partial charge in [0.1, 0.15) is 4.32 Å². The second kappa shape index (κ2) is 14.2. The van der Waals surface area contributed by atoms with Crippen LogP contribution >= 0.6 is 35.7 Å². The third kappa shape index (κ3) is 8.76. The SMILES string of the molecule is C=CCN1C(=O)/C(=C\C=C2/Sc3ccccc3N2CCCS(=O)(=O)O)SC1=S.CCN(CC)CC. The summed E-state index contributed by atoms with van der Waals surface area (Å²) in [4.78, 5) is 19.9. The molecule has 0 radical (unpaired) electrons. The first-order valence-corrected chi connectivity index (χ1v) is 15.1. The maximum absolute atomic E-state index is 12.5. The van der Waals surface area contributed by atoms with Crippen LogP contribution in [0.3, 0.4) is 0 Å². The number of hydrogen-bond acceptors (Lipinski definition) is 8. The molecule has 0 aliphatic carbocycles. The fourth-order valence-corrected chi connectivity index (χ4v) is 6.23. The molecule has 0 atom stereocenters. The predicted molar refractivity (Wildman–Crippen MR) is 152 cm³/mol. The van der Waals surface area contributed by atoms with Gasteiger partial charge in [0.25, 0.3) is 16.0 Å². The number of amides is 1. The molecule has 0 aromatic heterocycles. The Bertz CT molecular complexity index is 1080. The van der Waals surface area contributed by atoms with Gasteiger partial charge in [0.05, 0.1) is 21.4 Å². The van der Waals surface area contributed by atoms with Crippen LogP contribution in [0.2, 0.25) is 0 Å². The topological polar surface area (TPSA) is 81.2 Å². The highest BCUT2D eigenvalue weighted by molar-refractivity contribution is 8.26. The summed E-state index contributed by atoms with van der Waals surface area (Å²) >= 11 is 8.04. The van der Waals surface area contributed by atoms with Crippen molar-refractivity contribution in [2.45, 2.75) is 32.1 Å². The van der Waals surface area contributed by atoms with Crippen LogP contribution in [0.1, 0.15) is 27.2 Å². The molecule has 2 heterocycles. The van der Waals surface area contributed by atoms with E-state index >= 15 is 0 Å². The standard InChI is InChI=1S/C18H18N2O4S4.C6H15N/c1-2-10-20-17(21)15(27-18(20)25)8-9-16-19(11-5-12-28(22,23)24)13-6-3-4-7-14(13)26-16;1-4-7(5-2)6-3/h2-4,6-9H,1,5,10-12H2,(H,22,23,24);4-6H2,1-3H3/b15-8+,16-9-;. The molecule has 0 saturated carbocycles. The smallest absolute Gasteiger partial charge is 0.266 e. The second-order valence-corrected chi connectivity index (χ2v) is 11.9. The van der Waals surface area contributed by atoms with Gasteiger partial charge in [0, 0.05) is 18.0 Å². The van der Waals surface area contributed by atoms with E-state index < -0.39 is 10.1 Å². The van der Waals surface area contributed by atoms with Crippen molar-refractivity contribution >= 4 is 61.8 Å². The molecular formula is C24H33N3O4S4. The third-order valence-electron chi connectivity index (χ3n) is 5.32. The molecule has 1 fully saturated rings. The van der Waals surface area contributed by atoms with Crippen LogP contribution in [0.25, 0.3) is 0 Å². The number of carbonyl (C=O) groups excluding carboxylic acids is 1. The van der Waals surface area contributed by atoms with Gasteiger partial charge in [-0.15, -0.1) is 6.58 Å². The van der Waals surface area contributed by atoms with Gasteiger partial charge in [0.15, 0.2) is 0 Å². The number of anilines is 1. The quantitative estimate of drug-likeness (QED) is 0.186. The van der Waals surface area contributed by atoms with Gasteiger partial charge in [-0.05, 0) is 50.3 Å². The summed E-state index contributed by atoms with van der Waals surface area (Å²) in [6.07, 6.45) is 5.50. The summed E-state index contributed by atoms with van der Waals surface area (Å²) in [5, 5.41) is 0.880.